The zero-order chi connectivity index (χ0) is 19.9. The van der Waals surface area contributed by atoms with Gasteiger partial charge in [0, 0.05) is 5.39 Å². The van der Waals surface area contributed by atoms with Crippen LogP contribution in [0.5, 0.6) is 11.5 Å². The summed E-state index contributed by atoms with van der Waals surface area (Å²) in [7, 11) is 0. The predicted octanol–water partition coefficient (Wildman–Crippen LogP) is 2.46. The number of nitrogens with zero attached hydrogens (tertiary/aromatic N) is 1. The van der Waals surface area contributed by atoms with Gasteiger partial charge < -0.3 is 19.6 Å². The number of furan rings is 1. The van der Waals surface area contributed by atoms with Gasteiger partial charge in [-0.1, -0.05) is 18.2 Å². The molecule has 1 heterocycles. The number of hydrazone groups is 1. The van der Waals surface area contributed by atoms with Crippen molar-refractivity contribution in [3.63, 3.8) is 0 Å². The third-order valence-corrected chi connectivity index (χ3v) is 3.67. The van der Waals surface area contributed by atoms with Crippen LogP contribution < -0.4 is 20.6 Å². The van der Waals surface area contributed by atoms with Gasteiger partial charge in [0.25, 0.3) is 5.91 Å². The number of amides is 2. The molecule has 0 radical (unpaired) electrons. The zero-order valence-corrected chi connectivity index (χ0v) is 15.2. The lowest BCUT2D eigenvalue weighted by Crippen LogP contribution is -2.20. The molecule has 3 aromatic rings. The predicted molar refractivity (Wildman–Crippen MR) is 104 cm³/mol. The van der Waals surface area contributed by atoms with Crippen LogP contribution >= 0.6 is 0 Å². The normalized spacial score (nSPS) is 10.9. The van der Waals surface area contributed by atoms with Gasteiger partial charge in [0.05, 0.1) is 12.8 Å². The molecule has 0 bridgehead atoms. The number of carbonyl (C=O) groups excluding carboxylic acids is 2. The number of nitrogens with two attached hydrogens (primary N) is 1. The van der Waals surface area contributed by atoms with Crippen LogP contribution in [0, 0.1) is 0 Å². The Labute approximate surface area is 160 Å². The first-order valence-electron chi connectivity index (χ1n) is 8.56. The Bertz CT molecular complexity index is 993. The molecule has 0 saturated heterocycles. The van der Waals surface area contributed by atoms with Crippen LogP contribution in [0.1, 0.15) is 23.0 Å². The fourth-order valence-electron chi connectivity index (χ4n) is 2.46. The number of para-hydroxylation sites is 1. The molecule has 1 aromatic heterocycles. The molecule has 3 N–H and O–H groups in total. The molecule has 28 heavy (non-hydrogen) atoms. The number of hydrogen-bond donors (Lipinski definition) is 2. The number of benzene rings is 2. The van der Waals surface area contributed by atoms with E-state index in [-0.39, 0.29) is 12.4 Å². The highest BCUT2D eigenvalue weighted by atomic mass is 16.5. The van der Waals surface area contributed by atoms with Gasteiger partial charge in [0.2, 0.25) is 0 Å². The fourth-order valence-corrected chi connectivity index (χ4v) is 2.46. The topological polar surface area (TPSA) is 116 Å². The van der Waals surface area contributed by atoms with E-state index in [4.69, 9.17) is 19.6 Å². The molecular weight excluding hydrogens is 362 g/mol. The Morgan fingerprint density at radius 2 is 1.96 bits per heavy atom. The van der Waals surface area contributed by atoms with E-state index in [0.29, 0.717) is 29.3 Å². The summed E-state index contributed by atoms with van der Waals surface area (Å²) in [4.78, 5) is 23.0. The summed E-state index contributed by atoms with van der Waals surface area (Å²) < 4.78 is 16.3. The van der Waals surface area contributed by atoms with Crippen molar-refractivity contribution in [1.82, 2.24) is 5.43 Å². The van der Waals surface area contributed by atoms with Crippen LogP contribution in [-0.4, -0.2) is 31.2 Å². The molecule has 0 aliphatic rings. The number of fused-ring (bicyclic) bond motifs is 1. The van der Waals surface area contributed by atoms with Crippen LogP contribution in [0.4, 0.5) is 0 Å². The Morgan fingerprint density at radius 1 is 1.14 bits per heavy atom. The van der Waals surface area contributed by atoms with Gasteiger partial charge in [-0.25, -0.2) is 5.43 Å². The molecule has 0 unspecified atom stereocenters. The van der Waals surface area contributed by atoms with Crippen molar-refractivity contribution in [2.45, 2.75) is 6.92 Å². The highest BCUT2D eigenvalue weighted by molar-refractivity contribution is 5.96. The highest BCUT2D eigenvalue weighted by Gasteiger charge is 2.11. The van der Waals surface area contributed by atoms with Crippen molar-refractivity contribution in [3.8, 4) is 11.5 Å². The maximum absolute atomic E-state index is 12.2. The molecule has 0 spiro atoms. The lowest BCUT2D eigenvalue weighted by Gasteiger charge is -2.11. The average molecular weight is 381 g/mol. The summed E-state index contributed by atoms with van der Waals surface area (Å²) in [5, 5.41) is 4.78. The Kier molecular flexibility index (Phi) is 5.91. The molecule has 0 aliphatic heterocycles. The fraction of sp³-hybridized carbons (Fsp3) is 0.150. The summed E-state index contributed by atoms with van der Waals surface area (Å²) in [6.07, 6.45) is 1.46. The van der Waals surface area contributed by atoms with Crippen LogP contribution in [0.2, 0.25) is 0 Å². The standard InChI is InChI=1S/C20H19N3O5/c1-2-26-17-9-13(7-8-16(17)27-12-19(21)24)11-22-23-20(25)18-10-14-5-3-4-6-15(14)28-18/h3-11H,2,12H2,1H3,(H2,21,24)(H,23,25)/b22-11+. The van der Waals surface area contributed by atoms with Gasteiger partial charge >= 0.3 is 5.91 Å². The van der Waals surface area contributed by atoms with Gasteiger partial charge in [0.1, 0.15) is 5.58 Å². The van der Waals surface area contributed by atoms with Crippen molar-refractivity contribution >= 4 is 29.0 Å². The van der Waals surface area contributed by atoms with Gasteiger partial charge in [-0.3, -0.25) is 9.59 Å². The van der Waals surface area contributed by atoms with E-state index in [1.165, 1.54) is 6.21 Å². The summed E-state index contributed by atoms with van der Waals surface area (Å²) in [5.41, 5.74) is 8.80. The number of primary amides is 1. The molecule has 3 rings (SSSR count). The number of ether oxygens (including phenoxy) is 2. The van der Waals surface area contributed by atoms with Gasteiger partial charge in [0.15, 0.2) is 23.9 Å². The Morgan fingerprint density at radius 3 is 2.71 bits per heavy atom. The second-order valence-electron chi connectivity index (χ2n) is 5.74. The van der Waals surface area contributed by atoms with Crippen LogP contribution in [0.3, 0.4) is 0 Å². The lowest BCUT2D eigenvalue weighted by atomic mass is 10.2. The zero-order valence-electron chi connectivity index (χ0n) is 15.2. The van der Waals surface area contributed by atoms with Crippen molar-refractivity contribution < 1.29 is 23.5 Å². The molecule has 2 amide bonds. The molecule has 0 atom stereocenters. The van der Waals surface area contributed by atoms with Gasteiger partial charge in [-0.15, -0.1) is 0 Å². The third kappa shape index (κ3) is 4.67. The van der Waals surface area contributed by atoms with Gasteiger partial charge in [-0.2, -0.15) is 5.10 Å². The molecule has 144 valence electrons. The quantitative estimate of drug-likeness (QED) is 0.459. The monoisotopic (exact) mass is 381 g/mol. The minimum absolute atomic E-state index is 0.170. The smallest absolute Gasteiger partial charge is 0.307 e. The van der Waals surface area contributed by atoms with E-state index in [0.717, 1.165) is 5.39 Å². The number of hydrogen-bond acceptors (Lipinski definition) is 6. The minimum atomic E-state index is -0.582. The Balaban J connectivity index is 1.68. The average Bonchev–Trinajstić information content (AvgIpc) is 3.12. The number of rotatable bonds is 8. The van der Waals surface area contributed by atoms with Crippen molar-refractivity contribution in [3.05, 3.63) is 59.9 Å². The van der Waals surface area contributed by atoms with E-state index in [1.807, 2.05) is 25.1 Å². The van der Waals surface area contributed by atoms with Crippen molar-refractivity contribution in [2.24, 2.45) is 10.8 Å². The largest absolute Gasteiger partial charge is 0.490 e. The number of carbonyl (C=O) groups is 2. The maximum Gasteiger partial charge on any atom is 0.307 e. The summed E-state index contributed by atoms with van der Waals surface area (Å²) in [5.74, 6) is -0.0377. The second kappa shape index (κ2) is 8.72. The first kappa shape index (κ1) is 19.0. The summed E-state index contributed by atoms with van der Waals surface area (Å²) in [6, 6.07) is 14.0. The molecule has 0 aliphatic carbocycles. The molecule has 8 heteroatoms. The van der Waals surface area contributed by atoms with Crippen LogP contribution in [0.25, 0.3) is 11.0 Å². The maximum atomic E-state index is 12.2. The lowest BCUT2D eigenvalue weighted by molar-refractivity contribution is -0.119. The molecular formula is C20H19N3O5. The molecule has 0 fully saturated rings. The van der Waals surface area contributed by atoms with E-state index >= 15 is 0 Å². The first-order chi connectivity index (χ1) is 13.6. The van der Waals surface area contributed by atoms with E-state index < -0.39 is 11.8 Å². The molecule has 0 saturated carbocycles. The van der Waals surface area contributed by atoms with Crippen molar-refractivity contribution in [1.29, 1.82) is 0 Å². The van der Waals surface area contributed by atoms with Crippen molar-refractivity contribution in [2.75, 3.05) is 13.2 Å². The minimum Gasteiger partial charge on any atom is -0.490 e. The molecule has 8 nitrogen and oxygen atoms in total. The van der Waals surface area contributed by atoms with E-state index in [9.17, 15) is 9.59 Å². The SMILES string of the molecule is CCOc1cc(/C=N/NC(=O)c2cc3ccccc3o2)ccc1OCC(N)=O. The highest BCUT2D eigenvalue weighted by Crippen LogP contribution is 2.28. The first-order valence-corrected chi connectivity index (χ1v) is 8.56. The summed E-state index contributed by atoms with van der Waals surface area (Å²) >= 11 is 0. The molecule has 2 aromatic carbocycles. The van der Waals surface area contributed by atoms with Crippen LogP contribution in [-0.2, 0) is 4.79 Å². The van der Waals surface area contributed by atoms with Gasteiger partial charge in [-0.05, 0) is 42.8 Å². The van der Waals surface area contributed by atoms with E-state index in [2.05, 4.69) is 10.5 Å². The van der Waals surface area contributed by atoms with E-state index in [1.54, 1.807) is 30.3 Å². The third-order valence-electron chi connectivity index (χ3n) is 3.67. The summed E-state index contributed by atoms with van der Waals surface area (Å²) in [6.45, 7) is 1.99. The Hall–Kier alpha value is -3.81. The second-order valence-corrected chi connectivity index (χ2v) is 5.74. The van der Waals surface area contributed by atoms with Crippen LogP contribution in [0.15, 0.2) is 58.0 Å². The number of nitrogens with one attached hydrogen (secondary N) is 1.